The number of aryl methyl sites for hydroxylation is 2. The smallest absolute Gasteiger partial charge is 0.0766 e. The topological polar surface area (TPSA) is 29.9 Å². The summed E-state index contributed by atoms with van der Waals surface area (Å²) in [5.74, 6) is 0. The third kappa shape index (κ3) is 5.21. The molecule has 3 nitrogen and oxygen atoms in total. The van der Waals surface area contributed by atoms with Crippen LogP contribution in [-0.4, -0.2) is 22.4 Å². The molecule has 0 fully saturated rings. The van der Waals surface area contributed by atoms with Gasteiger partial charge in [0.1, 0.15) is 0 Å². The molecule has 1 unspecified atom stereocenters. The van der Waals surface area contributed by atoms with Crippen molar-refractivity contribution in [2.75, 3.05) is 6.54 Å². The second-order valence-electron chi connectivity index (χ2n) is 6.80. The minimum absolute atomic E-state index is 0.337. The van der Waals surface area contributed by atoms with Gasteiger partial charge < -0.3 is 5.32 Å². The Morgan fingerprint density at radius 2 is 1.95 bits per heavy atom. The lowest BCUT2D eigenvalue weighted by molar-refractivity contribution is 0.304. The van der Waals surface area contributed by atoms with Crippen molar-refractivity contribution >= 4 is 15.9 Å². The molecule has 0 aliphatic carbocycles. The lowest BCUT2D eigenvalue weighted by Crippen LogP contribution is -2.36. The van der Waals surface area contributed by atoms with Gasteiger partial charge in [0.2, 0.25) is 0 Å². The molecular formula is C16H30BrN3. The van der Waals surface area contributed by atoms with Gasteiger partial charge >= 0.3 is 0 Å². The van der Waals surface area contributed by atoms with E-state index in [2.05, 4.69) is 61.0 Å². The molecule has 0 aromatic carbocycles. The Morgan fingerprint density at radius 3 is 2.40 bits per heavy atom. The summed E-state index contributed by atoms with van der Waals surface area (Å²) in [7, 11) is 2.05. The van der Waals surface area contributed by atoms with E-state index in [4.69, 9.17) is 0 Å². The SMILES string of the molecule is CCCNC(Cc1c(Br)c(CC)nn1C)CC(C)(C)C. The molecule has 1 heterocycles. The average Bonchev–Trinajstić information content (AvgIpc) is 2.61. The van der Waals surface area contributed by atoms with Gasteiger partial charge in [-0.3, -0.25) is 4.68 Å². The molecule has 0 aliphatic heterocycles. The van der Waals surface area contributed by atoms with Crippen LogP contribution in [0.5, 0.6) is 0 Å². The summed E-state index contributed by atoms with van der Waals surface area (Å²) in [6, 6.07) is 0.506. The molecule has 1 aromatic heterocycles. The quantitative estimate of drug-likeness (QED) is 0.807. The maximum atomic E-state index is 4.60. The Morgan fingerprint density at radius 1 is 1.30 bits per heavy atom. The lowest BCUT2D eigenvalue weighted by atomic mass is 9.86. The van der Waals surface area contributed by atoms with Crippen LogP contribution in [0.1, 0.15) is 58.8 Å². The van der Waals surface area contributed by atoms with Gasteiger partial charge in [0.25, 0.3) is 0 Å². The Bertz CT molecular complexity index is 418. The molecule has 0 spiro atoms. The lowest BCUT2D eigenvalue weighted by Gasteiger charge is -2.27. The molecule has 0 amide bonds. The van der Waals surface area contributed by atoms with E-state index < -0.39 is 0 Å². The highest BCUT2D eigenvalue weighted by Gasteiger charge is 2.22. The summed E-state index contributed by atoms with van der Waals surface area (Å²) in [4.78, 5) is 0. The molecule has 0 aliphatic rings. The first-order chi connectivity index (χ1) is 9.28. The molecule has 116 valence electrons. The second-order valence-corrected chi connectivity index (χ2v) is 7.60. The molecule has 1 aromatic rings. The van der Waals surface area contributed by atoms with Crippen molar-refractivity contribution in [2.24, 2.45) is 12.5 Å². The van der Waals surface area contributed by atoms with Crippen molar-refractivity contribution < 1.29 is 0 Å². The van der Waals surface area contributed by atoms with Gasteiger partial charge in [0.15, 0.2) is 0 Å². The molecule has 0 radical (unpaired) electrons. The van der Waals surface area contributed by atoms with Crippen LogP contribution in [0.4, 0.5) is 0 Å². The van der Waals surface area contributed by atoms with Crippen molar-refractivity contribution in [1.82, 2.24) is 15.1 Å². The van der Waals surface area contributed by atoms with Crippen LogP contribution in [-0.2, 0) is 19.9 Å². The summed E-state index contributed by atoms with van der Waals surface area (Å²) in [5, 5.41) is 8.29. The summed E-state index contributed by atoms with van der Waals surface area (Å²) < 4.78 is 3.23. The maximum Gasteiger partial charge on any atom is 0.0766 e. The molecule has 0 saturated heterocycles. The Labute approximate surface area is 132 Å². The molecule has 1 atom stereocenters. The number of rotatable bonds is 7. The van der Waals surface area contributed by atoms with Gasteiger partial charge in [0.05, 0.1) is 15.9 Å². The molecular weight excluding hydrogens is 314 g/mol. The monoisotopic (exact) mass is 343 g/mol. The van der Waals surface area contributed by atoms with Crippen LogP contribution in [0.2, 0.25) is 0 Å². The number of halogens is 1. The standard InChI is InChI=1S/C16H30BrN3/c1-7-9-18-12(11-16(3,4)5)10-14-15(17)13(8-2)19-20(14)6/h12,18H,7-11H2,1-6H3. The van der Waals surface area contributed by atoms with E-state index >= 15 is 0 Å². The highest BCUT2D eigenvalue weighted by atomic mass is 79.9. The van der Waals surface area contributed by atoms with Gasteiger partial charge in [-0.1, -0.05) is 34.6 Å². The summed E-state index contributed by atoms with van der Waals surface area (Å²) in [6.07, 6.45) is 4.35. The Hall–Kier alpha value is -0.350. The first-order valence-corrected chi connectivity index (χ1v) is 8.51. The largest absolute Gasteiger partial charge is 0.314 e. The molecule has 1 N–H and O–H groups in total. The summed E-state index contributed by atoms with van der Waals surface area (Å²) in [5.41, 5.74) is 2.80. The van der Waals surface area contributed by atoms with E-state index in [0.29, 0.717) is 11.5 Å². The van der Waals surface area contributed by atoms with E-state index in [9.17, 15) is 0 Å². The highest BCUT2D eigenvalue weighted by molar-refractivity contribution is 9.10. The fraction of sp³-hybridized carbons (Fsp3) is 0.812. The molecule has 0 bridgehead atoms. The maximum absolute atomic E-state index is 4.60. The first-order valence-electron chi connectivity index (χ1n) is 7.72. The van der Waals surface area contributed by atoms with Crippen LogP contribution < -0.4 is 5.32 Å². The van der Waals surface area contributed by atoms with Gasteiger partial charge in [-0.05, 0) is 47.2 Å². The molecule has 1 rings (SSSR count). The van der Waals surface area contributed by atoms with Gasteiger partial charge in [-0.15, -0.1) is 0 Å². The Kier molecular flexibility index (Phi) is 6.73. The highest BCUT2D eigenvalue weighted by Crippen LogP contribution is 2.27. The van der Waals surface area contributed by atoms with Crippen molar-refractivity contribution in [3.05, 3.63) is 15.9 Å². The van der Waals surface area contributed by atoms with Crippen LogP contribution in [0.3, 0.4) is 0 Å². The van der Waals surface area contributed by atoms with Crippen molar-refractivity contribution in [3.8, 4) is 0 Å². The van der Waals surface area contributed by atoms with Crippen molar-refractivity contribution in [1.29, 1.82) is 0 Å². The second kappa shape index (κ2) is 7.60. The van der Waals surface area contributed by atoms with Crippen molar-refractivity contribution in [3.63, 3.8) is 0 Å². The zero-order valence-corrected chi connectivity index (χ0v) is 15.5. The average molecular weight is 344 g/mol. The van der Waals surface area contributed by atoms with E-state index in [1.807, 2.05) is 11.7 Å². The predicted octanol–water partition coefficient (Wildman–Crippen LogP) is 4.09. The van der Waals surface area contributed by atoms with E-state index in [-0.39, 0.29) is 0 Å². The number of aromatic nitrogens is 2. The minimum atomic E-state index is 0.337. The Balaban J connectivity index is 2.86. The minimum Gasteiger partial charge on any atom is -0.314 e. The normalized spacial score (nSPS) is 13.8. The van der Waals surface area contributed by atoms with Gasteiger partial charge in [-0.25, -0.2) is 0 Å². The molecule has 0 saturated carbocycles. The zero-order valence-electron chi connectivity index (χ0n) is 13.9. The summed E-state index contributed by atoms with van der Waals surface area (Å²) >= 11 is 3.73. The first kappa shape index (κ1) is 17.7. The number of nitrogens with zero attached hydrogens (tertiary/aromatic N) is 2. The number of hydrogen-bond donors (Lipinski definition) is 1. The third-order valence-electron chi connectivity index (χ3n) is 3.48. The van der Waals surface area contributed by atoms with E-state index in [0.717, 1.165) is 25.1 Å². The fourth-order valence-corrected chi connectivity index (χ4v) is 3.36. The zero-order chi connectivity index (χ0) is 15.3. The molecule has 4 heteroatoms. The van der Waals surface area contributed by atoms with Crippen LogP contribution >= 0.6 is 15.9 Å². The van der Waals surface area contributed by atoms with Crippen LogP contribution in [0.25, 0.3) is 0 Å². The van der Waals surface area contributed by atoms with Gasteiger partial charge in [0, 0.05) is 19.5 Å². The predicted molar refractivity (Wildman–Crippen MR) is 90.1 cm³/mol. The third-order valence-corrected chi connectivity index (χ3v) is 4.40. The molecule has 20 heavy (non-hydrogen) atoms. The van der Waals surface area contributed by atoms with E-state index in [1.165, 1.54) is 23.0 Å². The number of nitrogens with one attached hydrogen (secondary N) is 1. The van der Waals surface area contributed by atoms with Gasteiger partial charge in [-0.2, -0.15) is 5.10 Å². The van der Waals surface area contributed by atoms with Crippen LogP contribution in [0.15, 0.2) is 4.47 Å². The summed E-state index contributed by atoms with van der Waals surface area (Å²) in [6.45, 7) is 12.4. The number of hydrogen-bond acceptors (Lipinski definition) is 2. The fourth-order valence-electron chi connectivity index (χ4n) is 2.58. The van der Waals surface area contributed by atoms with Crippen molar-refractivity contribution in [2.45, 2.75) is 66.3 Å². The van der Waals surface area contributed by atoms with E-state index in [1.54, 1.807) is 0 Å². The van der Waals surface area contributed by atoms with Crippen LogP contribution in [0, 0.1) is 5.41 Å².